The van der Waals surface area contributed by atoms with Crippen LogP contribution in [0.2, 0.25) is 0 Å². The first-order valence-electron chi connectivity index (χ1n) is 4.11. The summed E-state index contributed by atoms with van der Waals surface area (Å²) < 4.78 is 0. The van der Waals surface area contributed by atoms with Gasteiger partial charge in [-0.25, -0.2) is 0 Å². The molecule has 0 heterocycles. The zero-order chi connectivity index (χ0) is 9.78. The summed E-state index contributed by atoms with van der Waals surface area (Å²) >= 11 is 0. The van der Waals surface area contributed by atoms with Gasteiger partial charge in [-0.1, -0.05) is 0 Å². The van der Waals surface area contributed by atoms with E-state index < -0.39 is 0 Å². The van der Waals surface area contributed by atoms with Crippen molar-refractivity contribution >= 4 is 12.1 Å². The highest BCUT2D eigenvalue weighted by molar-refractivity contribution is 5.93. The van der Waals surface area contributed by atoms with Crippen LogP contribution in [0, 0.1) is 5.92 Å². The van der Waals surface area contributed by atoms with Gasteiger partial charge >= 0.3 is 0 Å². The van der Waals surface area contributed by atoms with Crippen LogP contribution < -0.4 is 5.32 Å². The van der Waals surface area contributed by atoms with Crippen molar-refractivity contribution in [1.82, 2.24) is 5.32 Å². The molecular weight excluding hydrogens is 152 g/mol. The van der Waals surface area contributed by atoms with Crippen LogP contribution in [-0.2, 0) is 4.79 Å². The average molecular weight is 170 g/mol. The summed E-state index contributed by atoms with van der Waals surface area (Å²) in [5.74, 6) is -0.123. The Morgan fingerprint density at radius 3 is 2.33 bits per heavy atom. The summed E-state index contributed by atoms with van der Waals surface area (Å²) in [5.41, 5.74) is -0.160. The Bertz CT molecular complexity index is 179. The molecule has 3 nitrogen and oxygen atoms in total. The Morgan fingerprint density at radius 2 is 2.00 bits per heavy atom. The smallest absolute Gasteiger partial charge is 0.228 e. The molecule has 0 saturated heterocycles. The minimum atomic E-state index is -0.160. The largest absolute Gasteiger partial charge is 0.351 e. The van der Waals surface area contributed by atoms with Crippen molar-refractivity contribution in [3.63, 3.8) is 0 Å². The van der Waals surface area contributed by atoms with E-state index >= 15 is 0 Å². The molecule has 0 aromatic carbocycles. The minimum Gasteiger partial charge on any atom is -0.351 e. The SMILES string of the molecule is CN=CC(C)C(=O)NC(C)(C)C. The number of amides is 1. The Labute approximate surface area is 74.3 Å². The summed E-state index contributed by atoms with van der Waals surface area (Å²) in [4.78, 5) is 15.1. The Hall–Kier alpha value is -0.860. The molecule has 0 aliphatic rings. The molecule has 12 heavy (non-hydrogen) atoms. The third kappa shape index (κ3) is 4.88. The van der Waals surface area contributed by atoms with Crippen LogP contribution >= 0.6 is 0 Å². The van der Waals surface area contributed by atoms with Crippen LogP contribution in [0.3, 0.4) is 0 Å². The number of hydrogen-bond acceptors (Lipinski definition) is 2. The van der Waals surface area contributed by atoms with Crippen LogP contribution in [-0.4, -0.2) is 24.7 Å². The van der Waals surface area contributed by atoms with Crippen molar-refractivity contribution in [2.45, 2.75) is 33.2 Å². The first-order valence-corrected chi connectivity index (χ1v) is 4.11. The summed E-state index contributed by atoms with van der Waals surface area (Å²) in [6.45, 7) is 7.70. The molecule has 1 unspecified atom stereocenters. The molecule has 0 bridgehead atoms. The lowest BCUT2D eigenvalue weighted by Gasteiger charge is -2.21. The lowest BCUT2D eigenvalue weighted by atomic mass is 10.1. The molecule has 0 aliphatic carbocycles. The van der Waals surface area contributed by atoms with Gasteiger partial charge in [0, 0.05) is 18.8 Å². The number of nitrogens with one attached hydrogen (secondary N) is 1. The van der Waals surface area contributed by atoms with Crippen molar-refractivity contribution < 1.29 is 4.79 Å². The van der Waals surface area contributed by atoms with Gasteiger partial charge in [0.15, 0.2) is 0 Å². The molecule has 1 atom stereocenters. The zero-order valence-electron chi connectivity index (χ0n) is 8.51. The van der Waals surface area contributed by atoms with Crippen molar-refractivity contribution in [2.24, 2.45) is 10.9 Å². The topological polar surface area (TPSA) is 41.5 Å². The Balaban J connectivity index is 4.05. The fourth-order valence-corrected chi connectivity index (χ4v) is 0.775. The van der Waals surface area contributed by atoms with Crippen molar-refractivity contribution in [2.75, 3.05) is 7.05 Å². The van der Waals surface area contributed by atoms with E-state index in [1.165, 1.54) is 0 Å². The van der Waals surface area contributed by atoms with Crippen LogP contribution in [0.15, 0.2) is 4.99 Å². The summed E-state index contributed by atoms with van der Waals surface area (Å²) in [5, 5.41) is 2.87. The van der Waals surface area contributed by atoms with Gasteiger partial charge in [-0.15, -0.1) is 0 Å². The van der Waals surface area contributed by atoms with Crippen LogP contribution in [0.5, 0.6) is 0 Å². The number of rotatable bonds is 2. The van der Waals surface area contributed by atoms with Crippen LogP contribution in [0.4, 0.5) is 0 Å². The van der Waals surface area contributed by atoms with Gasteiger partial charge in [-0.2, -0.15) is 0 Å². The second kappa shape index (κ2) is 4.24. The fourth-order valence-electron chi connectivity index (χ4n) is 0.775. The molecule has 0 aromatic rings. The summed E-state index contributed by atoms with van der Waals surface area (Å²) in [6.07, 6.45) is 1.64. The number of carbonyl (C=O) groups excluding carboxylic acids is 1. The second-order valence-corrected chi connectivity index (χ2v) is 3.94. The highest BCUT2D eigenvalue weighted by Gasteiger charge is 2.17. The summed E-state index contributed by atoms with van der Waals surface area (Å²) in [6, 6.07) is 0. The van der Waals surface area contributed by atoms with E-state index in [9.17, 15) is 4.79 Å². The van der Waals surface area contributed by atoms with E-state index in [2.05, 4.69) is 10.3 Å². The monoisotopic (exact) mass is 170 g/mol. The first-order chi connectivity index (χ1) is 5.37. The Kier molecular flexibility index (Phi) is 3.93. The number of nitrogens with zero attached hydrogens (tertiary/aromatic N) is 1. The minimum absolute atomic E-state index is 0.0214. The maximum atomic E-state index is 11.3. The molecule has 0 aliphatic heterocycles. The maximum absolute atomic E-state index is 11.3. The molecule has 1 amide bonds. The van der Waals surface area contributed by atoms with Crippen molar-refractivity contribution in [1.29, 1.82) is 0 Å². The predicted octanol–water partition coefficient (Wildman–Crippen LogP) is 1.24. The van der Waals surface area contributed by atoms with Crippen LogP contribution in [0.25, 0.3) is 0 Å². The number of carbonyl (C=O) groups is 1. The lowest BCUT2D eigenvalue weighted by Crippen LogP contribution is -2.43. The van der Waals surface area contributed by atoms with Gasteiger partial charge in [-0.3, -0.25) is 4.79 Å². The molecule has 3 heteroatoms. The van der Waals surface area contributed by atoms with Gasteiger partial charge in [0.1, 0.15) is 0 Å². The highest BCUT2D eigenvalue weighted by Crippen LogP contribution is 2.01. The molecule has 70 valence electrons. The molecule has 0 aromatic heterocycles. The van der Waals surface area contributed by atoms with E-state index in [4.69, 9.17) is 0 Å². The maximum Gasteiger partial charge on any atom is 0.228 e. The second-order valence-electron chi connectivity index (χ2n) is 3.94. The quantitative estimate of drug-likeness (QED) is 0.622. The lowest BCUT2D eigenvalue weighted by molar-refractivity contribution is -0.123. The van der Waals surface area contributed by atoms with Gasteiger partial charge in [0.25, 0.3) is 0 Å². The van der Waals surface area contributed by atoms with Crippen LogP contribution in [0.1, 0.15) is 27.7 Å². The van der Waals surface area contributed by atoms with E-state index in [1.54, 1.807) is 13.3 Å². The van der Waals surface area contributed by atoms with Gasteiger partial charge in [0.05, 0.1) is 5.92 Å². The van der Waals surface area contributed by atoms with E-state index in [-0.39, 0.29) is 17.4 Å². The van der Waals surface area contributed by atoms with E-state index in [0.717, 1.165) is 0 Å². The third-order valence-corrected chi connectivity index (χ3v) is 1.28. The predicted molar refractivity (Wildman–Crippen MR) is 51.5 cm³/mol. The molecule has 0 saturated carbocycles. The van der Waals surface area contributed by atoms with Gasteiger partial charge < -0.3 is 10.3 Å². The van der Waals surface area contributed by atoms with Gasteiger partial charge in [-0.05, 0) is 27.7 Å². The summed E-state index contributed by atoms with van der Waals surface area (Å²) in [7, 11) is 1.67. The zero-order valence-corrected chi connectivity index (χ0v) is 8.51. The fraction of sp³-hybridized carbons (Fsp3) is 0.778. The van der Waals surface area contributed by atoms with Gasteiger partial charge in [0.2, 0.25) is 5.91 Å². The van der Waals surface area contributed by atoms with E-state index in [0.29, 0.717) is 0 Å². The standard InChI is InChI=1S/C9H18N2O/c1-7(6-10-5)8(12)11-9(2,3)4/h6-7H,1-5H3,(H,11,12). The van der Waals surface area contributed by atoms with Crippen molar-refractivity contribution in [3.8, 4) is 0 Å². The molecule has 1 N–H and O–H groups in total. The van der Waals surface area contributed by atoms with Crippen molar-refractivity contribution in [3.05, 3.63) is 0 Å². The molecule has 0 radical (unpaired) electrons. The highest BCUT2D eigenvalue weighted by atomic mass is 16.2. The normalized spacial score (nSPS) is 14.8. The molecular formula is C9H18N2O. The Morgan fingerprint density at radius 1 is 1.50 bits per heavy atom. The number of hydrogen-bond donors (Lipinski definition) is 1. The average Bonchev–Trinajstić information content (AvgIpc) is 1.84. The third-order valence-electron chi connectivity index (χ3n) is 1.28. The molecule has 0 spiro atoms. The van der Waals surface area contributed by atoms with E-state index in [1.807, 2.05) is 27.7 Å². The first kappa shape index (κ1) is 11.1. The molecule has 0 rings (SSSR count). The number of aliphatic imine (C=N–C) groups is 1. The molecule has 0 fully saturated rings.